The molecule has 3 nitrogen and oxygen atoms in total. The Morgan fingerprint density at radius 3 is 2.50 bits per heavy atom. The second-order valence-corrected chi connectivity index (χ2v) is 6.16. The average Bonchev–Trinajstić information content (AvgIpc) is 3.05. The van der Waals surface area contributed by atoms with Crippen LogP contribution in [0.2, 0.25) is 0 Å². The highest BCUT2D eigenvalue weighted by Crippen LogP contribution is 2.24. The zero-order valence-corrected chi connectivity index (χ0v) is 14.2. The maximum Gasteiger partial charge on any atom is 0.244 e. The largest absolute Gasteiger partial charge is 0.341 e. The first-order valence-corrected chi connectivity index (χ1v) is 7.97. The van der Waals surface area contributed by atoms with Gasteiger partial charge < -0.3 is 10.6 Å². The summed E-state index contributed by atoms with van der Waals surface area (Å²) in [6.07, 6.45) is 1.83. The Kier molecular flexibility index (Phi) is 6.35. The Balaban J connectivity index is 0.00000208. The van der Waals surface area contributed by atoms with Gasteiger partial charge in [0, 0.05) is 13.1 Å². The Labute approximate surface area is 148 Å². The SMILES string of the molecule is Cl.NC(C(=O)N1CCC(Cc2ccc(F)cc2)C1)c1ccccc1. The van der Waals surface area contributed by atoms with Gasteiger partial charge in [-0.3, -0.25) is 4.79 Å². The third kappa shape index (κ3) is 4.34. The fourth-order valence-corrected chi connectivity index (χ4v) is 3.15. The van der Waals surface area contributed by atoms with E-state index in [0.29, 0.717) is 5.92 Å². The van der Waals surface area contributed by atoms with Crippen molar-refractivity contribution in [3.8, 4) is 0 Å². The van der Waals surface area contributed by atoms with Gasteiger partial charge in [0.15, 0.2) is 0 Å². The first-order chi connectivity index (χ1) is 11.1. The second kappa shape index (κ2) is 8.27. The summed E-state index contributed by atoms with van der Waals surface area (Å²) in [5.74, 6) is 0.177. The molecule has 0 aliphatic carbocycles. The third-order valence-corrected chi connectivity index (χ3v) is 4.46. The zero-order valence-electron chi connectivity index (χ0n) is 13.4. The van der Waals surface area contributed by atoms with Crippen LogP contribution in [0.5, 0.6) is 0 Å². The van der Waals surface area contributed by atoms with E-state index in [-0.39, 0.29) is 24.1 Å². The number of benzene rings is 2. The van der Waals surface area contributed by atoms with Crippen molar-refractivity contribution in [2.24, 2.45) is 11.7 Å². The van der Waals surface area contributed by atoms with Crippen molar-refractivity contribution in [3.05, 3.63) is 71.5 Å². The molecular weight excluding hydrogens is 327 g/mol. The lowest BCUT2D eigenvalue weighted by Gasteiger charge is -2.21. The molecule has 1 saturated heterocycles. The van der Waals surface area contributed by atoms with E-state index < -0.39 is 6.04 Å². The highest BCUT2D eigenvalue weighted by Gasteiger charge is 2.29. The van der Waals surface area contributed by atoms with E-state index in [2.05, 4.69) is 0 Å². The molecule has 2 unspecified atom stereocenters. The van der Waals surface area contributed by atoms with Crippen molar-refractivity contribution in [2.75, 3.05) is 13.1 Å². The molecule has 1 heterocycles. The van der Waals surface area contributed by atoms with E-state index in [4.69, 9.17) is 5.73 Å². The fourth-order valence-electron chi connectivity index (χ4n) is 3.15. The molecule has 128 valence electrons. The van der Waals surface area contributed by atoms with Crippen LogP contribution >= 0.6 is 12.4 Å². The quantitative estimate of drug-likeness (QED) is 0.921. The number of hydrogen-bond donors (Lipinski definition) is 1. The van der Waals surface area contributed by atoms with Gasteiger partial charge in [-0.05, 0) is 42.0 Å². The summed E-state index contributed by atoms with van der Waals surface area (Å²) in [5.41, 5.74) is 8.06. The summed E-state index contributed by atoms with van der Waals surface area (Å²) in [7, 11) is 0. The predicted molar refractivity (Wildman–Crippen MR) is 95.4 cm³/mol. The summed E-state index contributed by atoms with van der Waals surface area (Å²) >= 11 is 0. The van der Waals surface area contributed by atoms with Crippen molar-refractivity contribution in [2.45, 2.75) is 18.9 Å². The summed E-state index contributed by atoms with van der Waals surface area (Å²) < 4.78 is 13.0. The molecule has 2 aromatic rings. The van der Waals surface area contributed by atoms with Crippen LogP contribution in [-0.4, -0.2) is 23.9 Å². The zero-order chi connectivity index (χ0) is 16.2. The molecule has 2 N–H and O–H groups in total. The Bertz CT molecular complexity index is 663. The van der Waals surface area contributed by atoms with Crippen molar-refractivity contribution < 1.29 is 9.18 Å². The predicted octanol–water partition coefficient (Wildman–Crippen LogP) is 3.34. The van der Waals surface area contributed by atoms with Gasteiger partial charge in [0.1, 0.15) is 11.9 Å². The van der Waals surface area contributed by atoms with Gasteiger partial charge in [0.2, 0.25) is 5.91 Å². The number of amides is 1. The molecule has 0 radical (unpaired) electrons. The van der Waals surface area contributed by atoms with Crippen LogP contribution in [0.4, 0.5) is 4.39 Å². The highest BCUT2D eigenvalue weighted by atomic mass is 35.5. The minimum Gasteiger partial charge on any atom is -0.341 e. The maximum absolute atomic E-state index is 13.0. The number of carbonyl (C=O) groups excluding carboxylic acids is 1. The summed E-state index contributed by atoms with van der Waals surface area (Å²) in [4.78, 5) is 14.4. The molecule has 2 atom stereocenters. The maximum atomic E-state index is 13.0. The standard InChI is InChI=1S/C19H21FN2O.ClH/c20-17-8-6-14(7-9-17)12-15-10-11-22(13-15)19(23)18(21)16-4-2-1-3-5-16;/h1-9,15,18H,10-13,21H2;1H. The lowest BCUT2D eigenvalue weighted by atomic mass is 9.99. The smallest absolute Gasteiger partial charge is 0.244 e. The van der Waals surface area contributed by atoms with E-state index >= 15 is 0 Å². The number of rotatable bonds is 4. The molecule has 0 bridgehead atoms. The van der Waals surface area contributed by atoms with Gasteiger partial charge in [-0.15, -0.1) is 12.4 Å². The van der Waals surface area contributed by atoms with Crippen LogP contribution in [0.3, 0.4) is 0 Å². The average molecular weight is 349 g/mol. The molecule has 3 rings (SSSR count). The number of nitrogens with zero attached hydrogens (tertiary/aromatic N) is 1. The minimum absolute atomic E-state index is 0. The molecule has 0 saturated carbocycles. The topological polar surface area (TPSA) is 46.3 Å². The number of nitrogens with two attached hydrogens (primary N) is 1. The number of carbonyl (C=O) groups is 1. The van der Waals surface area contributed by atoms with Gasteiger partial charge in [0.05, 0.1) is 0 Å². The first-order valence-electron chi connectivity index (χ1n) is 7.97. The molecule has 0 aromatic heterocycles. The van der Waals surface area contributed by atoms with Gasteiger partial charge in [-0.2, -0.15) is 0 Å². The van der Waals surface area contributed by atoms with Gasteiger partial charge in [0.25, 0.3) is 0 Å². The minimum atomic E-state index is -0.597. The van der Waals surface area contributed by atoms with Crippen LogP contribution in [0, 0.1) is 11.7 Å². The first kappa shape index (κ1) is 18.4. The van der Waals surface area contributed by atoms with Crippen LogP contribution in [0.25, 0.3) is 0 Å². The van der Waals surface area contributed by atoms with Gasteiger partial charge >= 0.3 is 0 Å². The molecule has 5 heteroatoms. The number of hydrogen-bond acceptors (Lipinski definition) is 2. The van der Waals surface area contributed by atoms with Crippen molar-refractivity contribution >= 4 is 18.3 Å². The van der Waals surface area contributed by atoms with Crippen molar-refractivity contribution in [3.63, 3.8) is 0 Å². The van der Waals surface area contributed by atoms with Crippen LogP contribution in [0.1, 0.15) is 23.6 Å². The van der Waals surface area contributed by atoms with E-state index in [9.17, 15) is 9.18 Å². The molecular formula is C19H22ClFN2O. The number of likely N-dealkylation sites (tertiary alicyclic amines) is 1. The van der Waals surface area contributed by atoms with Gasteiger partial charge in [-0.25, -0.2) is 4.39 Å². The van der Waals surface area contributed by atoms with E-state index in [0.717, 1.165) is 37.1 Å². The molecule has 24 heavy (non-hydrogen) atoms. The molecule has 2 aromatic carbocycles. The third-order valence-electron chi connectivity index (χ3n) is 4.46. The monoisotopic (exact) mass is 348 g/mol. The number of halogens is 2. The molecule has 1 fully saturated rings. The van der Waals surface area contributed by atoms with Crippen LogP contribution in [-0.2, 0) is 11.2 Å². The van der Waals surface area contributed by atoms with E-state index in [1.54, 1.807) is 0 Å². The van der Waals surface area contributed by atoms with Crippen molar-refractivity contribution in [1.29, 1.82) is 0 Å². The summed E-state index contributed by atoms with van der Waals surface area (Å²) in [6, 6.07) is 15.5. The lowest BCUT2D eigenvalue weighted by molar-refractivity contribution is -0.131. The molecule has 1 aliphatic rings. The molecule has 0 spiro atoms. The van der Waals surface area contributed by atoms with Crippen LogP contribution in [0.15, 0.2) is 54.6 Å². The Morgan fingerprint density at radius 2 is 1.83 bits per heavy atom. The summed E-state index contributed by atoms with van der Waals surface area (Å²) in [5, 5.41) is 0. The summed E-state index contributed by atoms with van der Waals surface area (Å²) in [6.45, 7) is 1.46. The normalized spacial score (nSPS) is 18.1. The van der Waals surface area contributed by atoms with Crippen molar-refractivity contribution in [1.82, 2.24) is 4.90 Å². The molecule has 1 amide bonds. The Morgan fingerprint density at radius 1 is 1.17 bits per heavy atom. The highest BCUT2D eigenvalue weighted by molar-refractivity contribution is 5.85. The van der Waals surface area contributed by atoms with Crippen LogP contribution < -0.4 is 5.73 Å². The van der Waals surface area contributed by atoms with E-state index in [1.807, 2.05) is 47.4 Å². The lowest BCUT2D eigenvalue weighted by Crippen LogP contribution is -2.37. The fraction of sp³-hybridized carbons (Fsp3) is 0.316. The van der Waals surface area contributed by atoms with Gasteiger partial charge in [-0.1, -0.05) is 42.5 Å². The van der Waals surface area contributed by atoms with E-state index in [1.165, 1.54) is 12.1 Å². The Hall–Kier alpha value is -1.91. The molecule has 1 aliphatic heterocycles. The second-order valence-electron chi connectivity index (χ2n) is 6.16.